The first kappa shape index (κ1) is 12.7. The van der Waals surface area contributed by atoms with Crippen LogP contribution in [0.15, 0.2) is 24.3 Å². The third kappa shape index (κ3) is 3.35. The summed E-state index contributed by atoms with van der Waals surface area (Å²) in [6.45, 7) is 3.55. The van der Waals surface area contributed by atoms with Crippen LogP contribution in [0.5, 0.6) is 0 Å². The Morgan fingerprint density at radius 3 is 2.50 bits per heavy atom. The van der Waals surface area contributed by atoms with E-state index in [4.69, 9.17) is 10.2 Å². The lowest BCUT2D eigenvalue weighted by Crippen LogP contribution is -2.26. The van der Waals surface area contributed by atoms with E-state index in [1.54, 1.807) is 13.8 Å². The van der Waals surface area contributed by atoms with Crippen LogP contribution in [0.2, 0.25) is 0 Å². The molecule has 0 aliphatic rings. The summed E-state index contributed by atoms with van der Waals surface area (Å²) >= 11 is 0. The second-order valence-corrected chi connectivity index (χ2v) is 4.66. The van der Waals surface area contributed by atoms with Crippen molar-refractivity contribution in [2.75, 3.05) is 6.61 Å². The molecule has 0 aliphatic heterocycles. The molecule has 1 aromatic rings. The number of hydrogen-bond donors (Lipinski definition) is 2. The highest BCUT2D eigenvalue weighted by molar-refractivity contribution is 5.74. The molecule has 0 fully saturated rings. The van der Waals surface area contributed by atoms with Gasteiger partial charge in [0.1, 0.15) is 0 Å². The Balaban J connectivity index is 2.81. The van der Waals surface area contributed by atoms with Gasteiger partial charge >= 0.3 is 5.97 Å². The summed E-state index contributed by atoms with van der Waals surface area (Å²) in [4.78, 5) is 11.0. The molecule has 3 nitrogen and oxygen atoms in total. The van der Waals surface area contributed by atoms with Crippen LogP contribution in [0, 0.1) is 5.41 Å². The number of carbonyl (C=O) groups is 1. The van der Waals surface area contributed by atoms with E-state index in [2.05, 4.69) is 0 Å². The summed E-state index contributed by atoms with van der Waals surface area (Å²) in [5.41, 5.74) is 1.29. The molecule has 0 spiro atoms. The molecule has 0 aliphatic carbocycles. The van der Waals surface area contributed by atoms with Gasteiger partial charge in [-0.05, 0) is 37.8 Å². The molecule has 1 aromatic carbocycles. The van der Waals surface area contributed by atoms with Crippen molar-refractivity contribution in [3.05, 3.63) is 35.4 Å². The largest absolute Gasteiger partial charge is 0.481 e. The van der Waals surface area contributed by atoms with E-state index in [9.17, 15) is 4.79 Å². The van der Waals surface area contributed by atoms with Crippen molar-refractivity contribution in [2.24, 2.45) is 5.41 Å². The monoisotopic (exact) mass is 222 g/mol. The van der Waals surface area contributed by atoms with Crippen LogP contribution < -0.4 is 0 Å². The minimum Gasteiger partial charge on any atom is -0.481 e. The zero-order valence-corrected chi connectivity index (χ0v) is 9.73. The third-order valence-corrected chi connectivity index (χ3v) is 2.62. The van der Waals surface area contributed by atoms with Gasteiger partial charge in [0.25, 0.3) is 0 Å². The van der Waals surface area contributed by atoms with Crippen molar-refractivity contribution >= 4 is 5.97 Å². The van der Waals surface area contributed by atoms with Gasteiger partial charge in [-0.15, -0.1) is 0 Å². The van der Waals surface area contributed by atoms with Gasteiger partial charge in [-0.25, -0.2) is 0 Å². The fourth-order valence-electron chi connectivity index (χ4n) is 1.61. The zero-order chi connectivity index (χ0) is 12.2. The maximum absolute atomic E-state index is 11.0. The van der Waals surface area contributed by atoms with Crippen LogP contribution in [0.1, 0.15) is 25.0 Å². The van der Waals surface area contributed by atoms with E-state index in [1.165, 1.54) is 0 Å². The number of hydrogen-bond acceptors (Lipinski definition) is 2. The molecule has 16 heavy (non-hydrogen) atoms. The van der Waals surface area contributed by atoms with Gasteiger partial charge in [0.15, 0.2) is 0 Å². The third-order valence-electron chi connectivity index (χ3n) is 2.62. The standard InChI is InChI=1S/C13H18O3/c1-13(2,12(15)16)9-11-5-3-4-10(8-11)6-7-14/h3-5,8,14H,6-7,9H2,1-2H3,(H,15,16). The van der Waals surface area contributed by atoms with Crippen LogP contribution >= 0.6 is 0 Å². The smallest absolute Gasteiger partial charge is 0.309 e. The molecule has 0 atom stereocenters. The normalized spacial score (nSPS) is 11.4. The van der Waals surface area contributed by atoms with Crippen LogP contribution in [0.3, 0.4) is 0 Å². The molecule has 0 saturated heterocycles. The minimum atomic E-state index is -0.792. The van der Waals surface area contributed by atoms with Gasteiger partial charge < -0.3 is 10.2 Å². The molecule has 0 unspecified atom stereocenters. The molecule has 0 amide bonds. The van der Waals surface area contributed by atoms with Crippen molar-refractivity contribution in [1.82, 2.24) is 0 Å². The van der Waals surface area contributed by atoms with Crippen molar-refractivity contribution in [2.45, 2.75) is 26.7 Å². The molecular weight excluding hydrogens is 204 g/mol. The molecule has 0 aromatic heterocycles. The SMILES string of the molecule is CC(C)(Cc1cccc(CCO)c1)C(=O)O. The Labute approximate surface area is 95.7 Å². The maximum atomic E-state index is 11.0. The van der Waals surface area contributed by atoms with Gasteiger partial charge in [-0.2, -0.15) is 0 Å². The number of aliphatic hydroxyl groups is 1. The first-order chi connectivity index (χ1) is 7.45. The molecule has 0 heterocycles. The lowest BCUT2D eigenvalue weighted by atomic mass is 9.85. The average Bonchev–Trinajstić information content (AvgIpc) is 2.17. The Kier molecular flexibility index (Phi) is 4.07. The van der Waals surface area contributed by atoms with Crippen molar-refractivity contribution < 1.29 is 15.0 Å². The molecule has 2 N–H and O–H groups in total. The van der Waals surface area contributed by atoms with Gasteiger partial charge in [0, 0.05) is 6.61 Å². The highest BCUT2D eigenvalue weighted by Gasteiger charge is 2.27. The van der Waals surface area contributed by atoms with Crippen LogP contribution in [0.4, 0.5) is 0 Å². The highest BCUT2D eigenvalue weighted by atomic mass is 16.4. The summed E-state index contributed by atoms with van der Waals surface area (Å²) < 4.78 is 0. The van der Waals surface area contributed by atoms with Crippen molar-refractivity contribution in [3.8, 4) is 0 Å². The molecule has 0 saturated carbocycles. The minimum absolute atomic E-state index is 0.117. The number of rotatable bonds is 5. The zero-order valence-electron chi connectivity index (χ0n) is 9.73. The average molecular weight is 222 g/mol. The Morgan fingerprint density at radius 1 is 1.31 bits per heavy atom. The predicted molar refractivity (Wildman–Crippen MR) is 62.4 cm³/mol. The van der Waals surface area contributed by atoms with E-state index >= 15 is 0 Å². The molecular formula is C13H18O3. The van der Waals surface area contributed by atoms with Gasteiger partial charge in [0.2, 0.25) is 0 Å². The summed E-state index contributed by atoms with van der Waals surface area (Å²) in [5.74, 6) is -0.792. The molecule has 1 rings (SSSR count). The van der Waals surface area contributed by atoms with Gasteiger partial charge in [-0.1, -0.05) is 24.3 Å². The number of aliphatic hydroxyl groups excluding tert-OH is 1. The summed E-state index contributed by atoms with van der Waals surface area (Å²) in [7, 11) is 0. The predicted octanol–water partition coefficient (Wildman–Crippen LogP) is 1.87. The molecule has 0 bridgehead atoms. The van der Waals surface area contributed by atoms with E-state index in [1.807, 2.05) is 24.3 Å². The lowest BCUT2D eigenvalue weighted by Gasteiger charge is -2.19. The Morgan fingerprint density at radius 2 is 1.94 bits per heavy atom. The van der Waals surface area contributed by atoms with Crippen molar-refractivity contribution in [1.29, 1.82) is 0 Å². The second-order valence-electron chi connectivity index (χ2n) is 4.66. The number of carboxylic acid groups (broad SMARTS) is 1. The van der Waals surface area contributed by atoms with Gasteiger partial charge in [-0.3, -0.25) is 4.79 Å². The fourth-order valence-corrected chi connectivity index (χ4v) is 1.61. The van der Waals surface area contributed by atoms with Crippen molar-refractivity contribution in [3.63, 3.8) is 0 Å². The lowest BCUT2D eigenvalue weighted by molar-refractivity contribution is -0.146. The highest BCUT2D eigenvalue weighted by Crippen LogP contribution is 2.22. The molecule has 3 heteroatoms. The molecule has 0 radical (unpaired) electrons. The topological polar surface area (TPSA) is 57.5 Å². The summed E-state index contributed by atoms with van der Waals surface area (Å²) in [6, 6.07) is 7.72. The summed E-state index contributed by atoms with van der Waals surface area (Å²) in [6.07, 6.45) is 1.11. The Bertz CT molecular complexity index is 369. The number of benzene rings is 1. The van der Waals surface area contributed by atoms with Crippen LogP contribution in [0.25, 0.3) is 0 Å². The van der Waals surface area contributed by atoms with Crippen LogP contribution in [-0.4, -0.2) is 22.8 Å². The first-order valence-electron chi connectivity index (χ1n) is 5.38. The van der Waals surface area contributed by atoms with E-state index in [0.29, 0.717) is 12.8 Å². The first-order valence-corrected chi connectivity index (χ1v) is 5.38. The number of carboxylic acids is 1. The molecule has 88 valence electrons. The van der Waals surface area contributed by atoms with E-state index in [0.717, 1.165) is 11.1 Å². The fraction of sp³-hybridized carbons (Fsp3) is 0.462. The number of aliphatic carboxylic acids is 1. The quantitative estimate of drug-likeness (QED) is 0.799. The second kappa shape index (κ2) is 5.12. The Hall–Kier alpha value is -1.35. The maximum Gasteiger partial charge on any atom is 0.309 e. The van der Waals surface area contributed by atoms with Gasteiger partial charge in [0.05, 0.1) is 5.41 Å². The van der Waals surface area contributed by atoms with E-state index in [-0.39, 0.29) is 6.61 Å². The van der Waals surface area contributed by atoms with Crippen LogP contribution in [-0.2, 0) is 17.6 Å². The van der Waals surface area contributed by atoms with E-state index < -0.39 is 11.4 Å². The summed E-state index contributed by atoms with van der Waals surface area (Å²) in [5, 5.41) is 17.9.